The van der Waals surface area contributed by atoms with E-state index in [2.05, 4.69) is 65.5 Å². The van der Waals surface area contributed by atoms with Crippen LogP contribution in [0.4, 0.5) is 0 Å². The molecule has 2 unspecified atom stereocenters. The molecule has 2 atom stereocenters. The summed E-state index contributed by atoms with van der Waals surface area (Å²) < 4.78 is 3.73. The molecule has 1 aromatic heterocycles. The highest BCUT2D eigenvalue weighted by Gasteiger charge is 2.38. The van der Waals surface area contributed by atoms with Crippen LogP contribution >= 0.6 is 27.7 Å². The van der Waals surface area contributed by atoms with Crippen LogP contribution in [-0.2, 0) is 19.4 Å². The van der Waals surface area contributed by atoms with Gasteiger partial charge < -0.3 is 5.32 Å². The van der Waals surface area contributed by atoms with Crippen molar-refractivity contribution in [3.8, 4) is 0 Å². The van der Waals surface area contributed by atoms with Gasteiger partial charge in [0.05, 0.1) is 15.9 Å². The molecule has 0 bridgehead atoms. The minimum absolute atomic E-state index is 0.351. The van der Waals surface area contributed by atoms with E-state index in [0.29, 0.717) is 10.8 Å². The van der Waals surface area contributed by atoms with Crippen LogP contribution < -0.4 is 5.32 Å². The number of nitrogens with one attached hydrogen (secondary N) is 1. The summed E-state index contributed by atoms with van der Waals surface area (Å²) in [4.78, 5) is 0. The van der Waals surface area contributed by atoms with E-state index in [1.807, 2.05) is 0 Å². The minimum Gasteiger partial charge on any atom is -0.315 e. The van der Waals surface area contributed by atoms with Crippen LogP contribution in [0.25, 0.3) is 0 Å². The predicted octanol–water partition coefficient (Wildman–Crippen LogP) is 3.64. The van der Waals surface area contributed by atoms with Crippen molar-refractivity contribution in [2.24, 2.45) is 0 Å². The fourth-order valence-electron chi connectivity index (χ4n) is 3.10. The van der Waals surface area contributed by atoms with E-state index in [1.165, 1.54) is 34.5 Å². The average Bonchev–Trinajstić information content (AvgIpc) is 3.01. The van der Waals surface area contributed by atoms with Gasteiger partial charge in [-0.3, -0.25) is 4.68 Å². The molecule has 0 radical (unpaired) electrons. The molecule has 1 aliphatic rings. The summed E-state index contributed by atoms with van der Waals surface area (Å²) in [5, 5.41) is 8.27. The zero-order chi connectivity index (χ0) is 14.8. The van der Waals surface area contributed by atoms with E-state index in [0.717, 1.165) is 19.4 Å². The number of likely N-dealkylation sites (N-methyl/N-ethyl adjacent to an activating group) is 1. The summed E-state index contributed by atoms with van der Waals surface area (Å²) in [6, 6.07) is 0.498. The number of aromatic nitrogens is 2. The van der Waals surface area contributed by atoms with Gasteiger partial charge >= 0.3 is 0 Å². The molecule has 0 saturated carbocycles. The lowest BCUT2D eigenvalue weighted by atomic mass is 9.92. The van der Waals surface area contributed by atoms with Crippen LogP contribution in [0, 0.1) is 0 Å². The molecule has 0 amide bonds. The van der Waals surface area contributed by atoms with Gasteiger partial charge in [0.25, 0.3) is 0 Å². The van der Waals surface area contributed by atoms with Crippen molar-refractivity contribution in [1.29, 1.82) is 0 Å². The molecule has 1 N–H and O–H groups in total. The monoisotopic (exact) mass is 359 g/mol. The van der Waals surface area contributed by atoms with Gasteiger partial charge in [0.1, 0.15) is 0 Å². The van der Waals surface area contributed by atoms with E-state index in [1.54, 1.807) is 0 Å². The molecule has 2 heterocycles. The molecular weight excluding hydrogens is 334 g/mol. The SMILES string of the molecule is CCc1nn(CC)c(CC(NC)C2(C)CCCS2)c1Br. The summed E-state index contributed by atoms with van der Waals surface area (Å²) in [5.74, 6) is 1.29. The molecule has 1 fully saturated rings. The Balaban J connectivity index is 2.25. The summed E-state index contributed by atoms with van der Waals surface area (Å²) in [6.45, 7) is 7.69. The standard InChI is InChI=1S/C15H26BrN3S/c1-5-11-14(16)12(19(6-2)18-11)10-13(17-4)15(3)8-7-9-20-15/h13,17H,5-10H2,1-4H3. The van der Waals surface area contributed by atoms with Gasteiger partial charge in [0.2, 0.25) is 0 Å². The minimum atomic E-state index is 0.351. The highest BCUT2D eigenvalue weighted by Crippen LogP contribution is 2.41. The molecule has 1 saturated heterocycles. The summed E-state index contributed by atoms with van der Waals surface area (Å²) in [7, 11) is 2.09. The number of hydrogen-bond donors (Lipinski definition) is 1. The Labute approximate surface area is 135 Å². The van der Waals surface area contributed by atoms with Crippen molar-refractivity contribution in [2.45, 2.75) is 63.8 Å². The number of nitrogens with zero attached hydrogens (tertiary/aromatic N) is 2. The van der Waals surface area contributed by atoms with Crippen molar-refractivity contribution >= 4 is 27.7 Å². The van der Waals surface area contributed by atoms with Gasteiger partial charge in [-0.15, -0.1) is 0 Å². The summed E-state index contributed by atoms with van der Waals surface area (Å²) >= 11 is 5.89. The number of rotatable bonds is 6. The van der Waals surface area contributed by atoms with E-state index in [9.17, 15) is 0 Å². The van der Waals surface area contributed by atoms with E-state index in [4.69, 9.17) is 5.10 Å². The molecule has 1 aromatic rings. The Morgan fingerprint density at radius 2 is 2.25 bits per heavy atom. The fourth-order valence-corrected chi connectivity index (χ4v) is 5.28. The highest BCUT2D eigenvalue weighted by atomic mass is 79.9. The van der Waals surface area contributed by atoms with Crippen molar-refractivity contribution in [3.05, 3.63) is 15.9 Å². The van der Waals surface area contributed by atoms with Gasteiger partial charge in [-0.2, -0.15) is 16.9 Å². The normalized spacial score (nSPS) is 24.2. The molecule has 3 nitrogen and oxygen atoms in total. The van der Waals surface area contributed by atoms with Crippen LogP contribution in [0.15, 0.2) is 4.47 Å². The molecular formula is C15H26BrN3S. The molecule has 0 spiro atoms. The zero-order valence-corrected chi connectivity index (χ0v) is 15.4. The second-order valence-electron chi connectivity index (χ2n) is 5.69. The van der Waals surface area contributed by atoms with Crippen molar-refractivity contribution < 1.29 is 0 Å². The van der Waals surface area contributed by atoms with Crippen LogP contribution in [0.1, 0.15) is 45.0 Å². The largest absolute Gasteiger partial charge is 0.315 e. The lowest BCUT2D eigenvalue weighted by molar-refractivity contribution is 0.412. The first-order valence-electron chi connectivity index (χ1n) is 7.61. The third-order valence-corrected chi connectivity index (χ3v) is 6.98. The smallest absolute Gasteiger partial charge is 0.0766 e. The van der Waals surface area contributed by atoms with E-state index >= 15 is 0 Å². The Morgan fingerprint density at radius 1 is 1.50 bits per heavy atom. The maximum atomic E-state index is 4.72. The summed E-state index contributed by atoms with van der Waals surface area (Å²) in [6.07, 6.45) is 4.67. The van der Waals surface area contributed by atoms with Crippen LogP contribution in [-0.4, -0.2) is 33.4 Å². The second-order valence-corrected chi connectivity index (χ2v) is 8.11. The molecule has 0 aromatic carbocycles. The molecule has 114 valence electrons. The van der Waals surface area contributed by atoms with Crippen molar-refractivity contribution in [3.63, 3.8) is 0 Å². The predicted molar refractivity (Wildman–Crippen MR) is 91.6 cm³/mol. The van der Waals surface area contributed by atoms with Crippen LogP contribution in [0.2, 0.25) is 0 Å². The van der Waals surface area contributed by atoms with Gasteiger partial charge in [0, 0.05) is 23.8 Å². The quantitative estimate of drug-likeness (QED) is 0.840. The maximum Gasteiger partial charge on any atom is 0.0766 e. The van der Waals surface area contributed by atoms with Crippen LogP contribution in [0.3, 0.4) is 0 Å². The number of hydrogen-bond acceptors (Lipinski definition) is 3. The van der Waals surface area contributed by atoms with E-state index in [-0.39, 0.29) is 0 Å². The first kappa shape index (κ1) is 16.4. The van der Waals surface area contributed by atoms with Crippen molar-refractivity contribution in [2.75, 3.05) is 12.8 Å². The fraction of sp³-hybridized carbons (Fsp3) is 0.800. The summed E-state index contributed by atoms with van der Waals surface area (Å²) in [5.41, 5.74) is 2.53. The average molecular weight is 360 g/mol. The lowest BCUT2D eigenvalue weighted by Gasteiger charge is -2.33. The molecule has 2 rings (SSSR count). The third kappa shape index (κ3) is 3.09. The molecule has 0 aliphatic carbocycles. The topological polar surface area (TPSA) is 29.9 Å². The number of halogens is 1. The maximum absolute atomic E-state index is 4.72. The number of thioether (sulfide) groups is 1. The van der Waals surface area contributed by atoms with Crippen LogP contribution in [0.5, 0.6) is 0 Å². The zero-order valence-electron chi connectivity index (χ0n) is 13.0. The number of aryl methyl sites for hydroxylation is 2. The second kappa shape index (κ2) is 6.84. The Kier molecular flexibility index (Phi) is 5.60. The molecule has 20 heavy (non-hydrogen) atoms. The Bertz CT molecular complexity index is 452. The highest BCUT2D eigenvalue weighted by molar-refractivity contribution is 9.10. The van der Waals surface area contributed by atoms with Gasteiger partial charge in [-0.25, -0.2) is 0 Å². The van der Waals surface area contributed by atoms with Gasteiger partial charge in [0.15, 0.2) is 0 Å². The first-order valence-corrected chi connectivity index (χ1v) is 9.38. The molecule has 5 heteroatoms. The van der Waals surface area contributed by atoms with Crippen molar-refractivity contribution in [1.82, 2.24) is 15.1 Å². The Morgan fingerprint density at radius 3 is 2.75 bits per heavy atom. The molecule has 1 aliphatic heterocycles. The third-order valence-electron chi connectivity index (χ3n) is 4.43. The van der Waals surface area contributed by atoms with Gasteiger partial charge in [-0.05, 0) is 61.8 Å². The van der Waals surface area contributed by atoms with Gasteiger partial charge in [-0.1, -0.05) is 6.92 Å². The lowest BCUT2D eigenvalue weighted by Crippen LogP contribution is -2.45. The first-order chi connectivity index (χ1) is 9.55. The Hall–Kier alpha value is -0.000000000000000111. The van der Waals surface area contributed by atoms with E-state index < -0.39 is 0 Å².